The molecule has 0 radical (unpaired) electrons. The first-order valence-corrected chi connectivity index (χ1v) is 8.92. The molecule has 0 fully saturated rings. The van der Waals surface area contributed by atoms with Crippen molar-refractivity contribution >= 4 is 29.1 Å². The Hall–Kier alpha value is -2.37. The predicted octanol–water partition coefficient (Wildman–Crippen LogP) is 4.04. The number of rotatable bonds is 6. The first-order valence-electron chi connectivity index (χ1n) is 8.16. The Bertz CT molecular complexity index is 903. The highest BCUT2D eigenvalue weighted by Crippen LogP contribution is 2.25. The molecule has 1 amide bonds. The maximum absolute atomic E-state index is 12.1. The standard InChI is InChI=1S/C19H18Cl2N4O/c1-25-18(7-8-24-25)14-9-13(10-22-12-14)11-23-19(26)6-5-15-16(20)3-2-4-17(15)21/h2-4,7-10,12H,5-6,11H2,1H3,(H,23,26). The number of nitrogens with zero attached hydrogens (tertiary/aromatic N) is 3. The number of aromatic nitrogens is 3. The van der Waals surface area contributed by atoms with Gasteiger partial charge in [0.1, 0.15) is 0 Å². The molecule has 0 atom stereocenters. The Balaban J connectivity index is 1.57. The summed E-state index contributed by atoms with van der Waals surface area (Å²) in [5.41, 5.74) is 3.65. The van der Waals surface area contributed by atoms with Gasteiger partial charge in [0.25, 0.3) is 0 Å². The molecule has 2 heterocycles. The molecule has 1 aromatic carbocycles. The van der Waals surface area contributed by atoms with Crippen molar-refractivity contribution in [1.82, 2.24) is 20.1 Å². The molecule has 134 valence electrons. The number of carbonyl (C=O) groups excluding carboxylic acids is 1. The number of benzene rings is 1. The van der Waals surface area contributed by atoms with Crippen LogP contribution in [0.1, 0.15) is 17.5 Å². The molecule has 2 aromatic heterocycles. The second-order valence-corrected chi connectivity index (χ2v) is 6.71. The van der Waals surface area contributed by atoms with E-state index >= 15 is 0 Å². The molecular weight excluding hydrogens is 371 g/mol. The monoisotopic (exact) mass is 388 g/mol. The zero-order valence-electron chi connectivity index (χ0n) is 14.2. The lowest BCUT2D eigenvalue weighted by atomic mass is 10.1. The van der Waals surface area contributed by atoms with Crippen molar-refractivity contribution in [2.45, 2.75) is 19.4 Å². The van der Waals surface area contributed by atoms with E-state index in [1.165, 1.54) is 0 Å². The molecule has 0 saturated heterocycles. The second kappa shape index (κ2) is 8.34. The van der Waals surface area contributed by atoms with Crippen molar-refractivity contribution in [3.05, 3.63) is 70.1 Å². The number of nitrogens with one attached hydrogen (secondary N) is 1. The number of aryl methyl sites for hydroxylation is 1. The van der Waals surface area contributed by atoms with E-state index in [0.717, 1.165) is 22.4 Å². The molecule has 0 saturated carbocycles. The average Bonchev–Trinajstić information content (AvgIpc) is 3.06. The first kappa shape index (κ1) is 18.4. The molecule has 1 N–H and O–H groups in total. The number of hydrogen-bond donors (Lipinski definition) is 1. The molecule has 3 rings (SSSR count). The van der Waals surface area contributed by atoms with Crippen LogP contribution in [0.4, 0.5) is 0 Å². The van der Waals surface area contributed by atoms with Gasteiger partial charge in [0.05, 0.1) is 5.69 Å². The van der Waals surface area contributed by atoms with E-state index < -0.39 is 0 Å². The average molecular weight is 389 g/mol. The molecule has 0 aliphatic carbocycles. The van der Waals surface area contributed by atoms with Gasteiger partial charge in [-0.1, -0.05) is 29.3 Å². The van der Waals surface area contributed by atoms with Gasteiger partial charge in [-0.05, 0) is 41.8 Å². The summed E-state index contributed by atoms with van der Waals surface area (Å²) < 4.78 is 1.78. The fraction of sp³-hybridized carbons (Fsp3) is 0.211. The molecule has 0 spiro atoms. The molecule has 0 bridgehead atoms. The van der Waals surface area contributed by atoms with Crippen LogP contribution in [0, 0.1) is 0 Å². The lowest BCUT2D eigenvalue weighted by Crippen LogP contribution is -2.23. The Kier molecular flexibility index (Phi) is 5.91. The van der Waals surface area contributed by atoms with Crippen molar-refractivity contribution in [2.75, 3.05) is 0 Å². The fourth-order valence-corrected chi connectivity index (χ4v) is 3.27. The lowest BCUT2D eigenvalue weighted by molar-refractivity contribution is -0.121. The van der Waals surface area contributed by atoms with E-state index in [0.29, 0.717) is 29.4 Å². The minimum absolute atomic E-state index is 0.0630. The fourth-order valence-electron chi connectivity index (χ4n) is 2.68. The normalized spacial score (nSPS) is 10.7. The van der Waals surface area contributed by atoms with Crippen LogP contribution in [0.3, 0.4) is 0 Å². The Morgan fingerprint density at radius 1 is 1.19 bits per heavy atom. The topological polar surface area (TPSA) is 59.8 Å². The summed E-state index contributed by atoms with van der Waals surface area (Å²) in [6, 6.07) is 9.25. The van der Waals surface area contributed by atoms with E-state index in [-0.39, 0.29) is 5.91 Å². The second-order valence-electron chi connectivity index (χ2n) is 5.90. The van der Waals surface area contributed by atoms with Crippen molar-refractivity contribution < 1.29 is 4.79 Å². The zero-order valence-corrected chi connectivity index (χ0v) is 15.8. The molecule has 5 nitrogen and oxygen atoms in total. The highest BCUT2D eigenvalue weighted by molar-refractivity contribution is 6.36. The molecular formula is C19H18Cl2N4O. The summed E-state index contributed by atoms with van der Waals surface area (Å²) in [6.07, 6.45) is 6.08. The quantitative estimate of drug-likeness (QED) is 0.692. The van der Waals surface area contributed by atoms with Crippen LogP contribution >= 0.6 is 23.2 Å². The number of pyridine rings is 1. The van der Waals surface area contributed by atoms with Crippen LogP contribution in [0.2, 0.25) is 10.0 Å². The maximum Gasteiger partial charge on any atom is 0.220 e. The zero-order chi connectivity index (χ0) is 18.5. The van der Waals surface area contributed by atoms with E-state index in [1.807, 2.05) is 19.2 Å². The summed E-state index contributed by atoms with van der Waals surface area (Å²) in [6.45, 7) is 0.410. The lowest BCUT2D eigenvalue weighted by Gasteiger charge is -2.09. The van der Waals surface area contributed by atoms with Crippen molar-refractivity contribution in [3.8, 4) is 11.3 Å². The highest BCUT2D eigenvalue weighted by Gasteiger charge is 2.09. The van der Waals surface area contributed by atoms with Crippen molar-refractivity contribution in [1.29, 1.82) is 0 Å². The van der Waals surface area contributed by atoms with Crippen LogP contribution in [0.5, 0.6) is 0 Å². The summed E-state index contributed by atoms with van der Waals surface area (Å²) in [5.74, 6) is -0.0630. The summed E-state index contributed by atoms with van der Waals surface area (Å²) in [5, 5.41) is 8.23. The molecule has 26 heavy (non-hydrogen) atoms. The summed E-state index contributed by atoms with van der Waals surface area (Å²) in [7, 11) is 1.88. The minimum atomic E-state index is -0.0630. The van der Waals surface area contributed by atoms with Gasteiger partial charge < -0.3 is 5.32 Å². The van der Waals surface area contributed by atoms with E-state index in [2.05, 4.69) is 15.4 Å². The van der Waals surface area contributed by atoms with Crippen molar-refractivity contribution in [3.63, 3.8) is 0 Å². The van der Waals surface area contributed by atoms with E-state index in [9.17, 15) is 4.79 Å². The van der Waals surface area contributed by atoms with Crippen LogP contribution in [-0.4, -0.2) is 20.7 Å². The third-order valence-electron chi connectivity index (χ3n) is 4.06. The van der Waals surface area contributed by atoms with Gasteiger partial charge in [0.2, 0.25) is 5.91 Å². The third-order valence-corrected chi connectivity index (χ3v) is 4.77. The summed E-state index contributed by atoms with van der Waals surface area (Å²) in [4.78, 5) is 16.4. The van der Waals surface area contributed by atoms with Crippen LogP contribution < -0.4 is 5.32 Å². The number of amides is 1. The van der Waals surface area contributed by atoms with Crippen molar-refractivity contribution in [2.24, 2.45) is 7.05 Å². The highest BCUT2D eigenvalue weighted by atomic mass is 35.5. The third kappa shape index (κ3) is 4.42. The van der Waals surface area contributed by atoms with Crippen LogP contribution in [-0.2, 0) is 24.8 Å². The van der Waals surface area contributed by atoms with E-state index in [4.69, 9.17) is 23.2 Å². The van der Waals surface area contributed by atoms with Gasteiger partial charge in [0.15, 0.2) is 0 Å². The Morgan fingerprint density at radius 2 is 1.96 bits per heavy atom. The number of carbonyl (C=O) groups is 1. The van der Waals surface area contributed by atoms with Gasteiger partial charge >= 0.3 is 0 Å². The van der Waals surface area contributed by atoms with E-state index in [1.54, 1.807) is 41.5 Å². The Morgan fingerprint density at radius 3 is 2.65 bits per heavy atom. The van der Waals surface area contributed by atoms with Gasteiger partial charge in [-0.2, -0.15) is 5.10 Å². The van der Waals surface area contributed by atoms with Gasteiger partial charge in [-0.25, -0.2) is 0 Å². The predicted molar refractivity (Wildman–Crippen MR) is 103 cm³/mol. The molecule has 0 aliphatic rings. The molecule has 7 heteroatoms. The summed E-state index contributed by atoms with van der Waals surface area (Å²) >= 11 is 12.3. The number of halogens is 2. The van der Waals surface area contributed by atoms with Crippen LogP contribution in [0.25, 0.3) is 11.3 Å². The molecule has 0 unspecified atom stereocenters. The first-order chi connectivity index (χ1) is 12.5. The SMILES string of the molecule is Cn1nccc1-c1cncc(CNC(=O)CCc2c(Cl)cccc2Cl)c1. The number of hydrogen-bond acceptors (Lipinski definition) is 3. The minimum Gasteiger partial charge on any atom is -0.352 e. The van der Waals surface area contributed by atoms with Crippen LogP contribution in [0.15, 0.2) is 48.9 Å². The molecule has 3 aromatic rings. The maximum atomic E-state index is 12.1. The smallest absolute Gasteiger partial charge is 0.220 e. The molecule has 0 aliphatic heterocycles. The largest absolute Gasteiger partial charge is 0.352 e. The van der Waals surface area contributed by atoms with Gasteiger partial charge in [0, 0.05) is 54.2 Å². The Labute approximate surface area is 162 Å². The van der Waals surface area contributed by atoms with Gasteiger partial charge in [-0.15, -0.1) is 0 Å². The van der Waals surface area contributed by atoms with Gasteiger partial charge in [-0.3, -0.25) is 14.5 Å².